The summed E-state index contributed by atoms with van der Waals surface area (Å²) in [6, 6.07) is 8.33. The first-order valence-electron chi connectivity index (χ1n) is 7.85. The summed E-state index contributed by atoms with van der Waals surface area (Å²) in [5.41, 5.74) is 4.99. The van der Waals surface area contributed by atoms with Crippen molar-refractivity contribution < 1.29 is 4.79 Å². The summed E-state index contributed by atoms with van der Waals surface area (Å²) in [6.07, 6.45) is 1.91. The van der Waals surface area contributed by atoms with Crippen molar-refractivity contribution in [1.29, 1.82) is 0 Å². The number of benzene rings is 1. The van der Waals surface area contributed by atoms with Crippen LogP contribution < -0.4 is 10.6 Å². The van der Waals surface area contributed by atoms with Crippen LogP contribution in [0.15, 0.2) is 24.3 Å². The van der Waals surface area contributed by atoms with E-state index >= 15 is 0 Å². The summed E-state index contributed by atoms with van der Waals surface area (Å²) in [7, 11) is 0. The molecule has 23 heavy (non-hydrogen) atoms. The number of aromatic amines is 1. The Morgan fingerprint density at radius 1 is 1.35 bits per heavy atom. The summed E-state index contributed by atoms with van der Waals surface area (Å²) in [5.74, 6) is -0.117. The molecule has 2 heterocycles. The van der Waals surface area contributed by atoms with E-state index in [1.807, 2.05) is 6.92 Å². The lowest BCUT2D eigenvalue weighted by molar-refractivity contribution is 0.0933. The Balaban J connectivity index is 0.00000192. The molecule has 1 aromatic carbocycles. The standard InChI is InChI=1S/C17H22N4O.ClH/c1-3-12-4-6-13(7-5-12)11(2)19-17(22)16-14-10-18-9-8-15(14)20-21-16;/h4-7,11,18H,3,8-10H2,1-2H3,(H,19,22)(H,20,21);1H. The van der Waals surface area contributed by atoms with Crippen LogP contribution >= 0.6 is 12.4 Å². The minimum atomic E-state index is -0.117. The third-order valence-corrected chi connectivity index (χ3v) is 4.26. The summed E-state index contributed by atoms with van der Waals surface area (Å²) in [4.78, 5) is 12.5. The van der Waals surface area contributed by atoms with Gasteiger partial charge >= 0.3 is 0 Å². The molecule has 1 aliphatic heterocycles. The molecule has 6 heteroatoms. The molecule has 5 nitrogen and oxygen atoms in total. The van der Waals surface area contributed by atoms with Crippen LogP contribution in [0.4, 0.5) is 0 Å². The summed E-state index contributed by atoms with van der Waals surface area (Å²) < 4.78 is 0. The fraction of sp³-hybridized carbons (Fsp3) is 0.412. The van der Waals surface area contributed by atoms with Crippen molar-refractivity contribution in [1.82, 2.24) is 20.8 Å². The van der Waals surface area contributed by atoms with Gasteiger partial charge in [0.1, 0.15) is 0 Å². The summed E-state index contributed by atoms with van der Waals surface area (Å²) in [6.45, 7) is 5.76. The van der Waals surface area contributed by atoms with Crippen LogP contribution in [-0.2, 0) is 19.4 Å². The number of carbonyl (C=O) groups is 1. The van der Waals surface area contributed by atoms with Crippen LogP contribution in [-0.4, -0.2) is 22.6 Å². The van der Waals surface area contributed by atoms with E-state index in [2.05, 4.69) is 52.0 Å². The van der Waals surface area contributed by atoms with Gasteiger partial charge in [-0.3, -0.25) is 9.89 Å². The van der Waals surface area contributed by atoms with Crippen LogP contribution in [0.5, 0.6) is 0 Å². The highest BCUT2D eigenvalue weighted by Crippen LogP contribution is 2.18. The molecule has 0 radical (unpaired) electrons. The number of amides is 1. The molecule has 0 saturated heterocycles. The van der Waals surface area contributed by atoms with Gasteiger partial charge in [0.25, 0.3) is 5.91 Å². The number of carbonyl (C=O) groups excluding carboxylic acids is 1. The highest BCUT2D eigenvalue weighted by Gasteiger charge is 2.22. The van der Waals surface area contributed by atoms with Crippen molar-refractivity contribution in [2.45, 2.75) is 39.3 Å². The number of rotatable bonds is 4. The molecule has 0 aliphatic carbocycles. The van der Waals surface area contributed by atoms with Crippen LogP contribution in [0.1, 0.15) is 52.8 Å². The van der Waals surface area contributed by atoms with Crippen LogP contribution in [0.25, 0.3) is 0 Å². The number of fused-ring (bicyclic) bond motifs is 1. The molecule has 1 aromatic heterocycles. The van der Waals surface area contributed by atoms with Crippen molar-refractivity contribution in [3.63, 3.8) is 0 Å². The van der Waals surface area contributed by atoms with Gasteiger partial charge in [-0.15, -0.1) is 12.4 Å². The second-order valence-corrected chi connectivity index (χ2v) is 5.75. The first-order valence-corrected chi connectivity index (χ1v) is 7.85. The van der Waals surface area contributed by atoms with Crippen molar-refractivity contribution in [3.05, 3.63) is 52.3 Å². The number of nitrogens with zero attached hydrogens (tertiary/aromatic N) is 1. The Hall–Kier alpha value is -1.85. The molecule has 1 unspecified atom stereocenters. The molecule has 1 aliphatic rings. The quantitative estimate of drug-likeness (QED) is 0.804. The van der Waals surface area contributed by atoms with Crippen molar-refractivity contribution in [2.24, 2.45) is 0 Å². The molecule has 3 rings (SSSR count). The van der Waals surface area contributed by atoms with Gasteiger partial charge in [0, 0.05) is 30.8 Å². The lowest BCUT2D eigenvalue weighted by Crippen LogP contribution is -2.30. The molecule has 0 spiro atoms. The normalized spacial score (nSPS) is 14.5. The lowest BCUT2D eigenvalue weighted by Gasteiger charge is -2.16. The summed E-state index contributed by atoms with van der Waals surface area (Å²) in [5, 5.41) is 13.5. The first-order chi connectivity index (χ1) is 10.7. The largest absolute Gasteiger partial charge is 0.344 e. The number of H-pyrrole nitrogens is 1. The van der Waals surface area contributed by atoms with Gasteiger partial charge in [0.05, 0.1) is 6.04 Å². The predicted octanol–water partition coefficient (Wildman–Crippen LogP) is 2.53. The number of hydrogen-bond acceptors (Lipinski definition) is 3. The maximum atomic E-state index is 12.5. The first kappa shape index (κ1) is 17.5. The molecule has 0 saturated carbocycles. The Bertz CT molecular complexity index is 666. The van der Waals surface area contributed by atoms with E-state index in [-0.39, 0.29) is 24.4 Å². The van der Waals surface area contributed by atoms with E-state index in [0.717, 1.165) is 36.2 Å². The van der Waals surface area contributed by atoms with Crippen LogP contribution in [0.2, 0.25) is 0 Å². The van der Waals surface area contributed by atoms with E-state index in [1.54, 1.807) is 0 Å². The highest BCUT2D eigenvalue weighted by atomic mass is 35.5. The van der Waals surface area contributed by atoms with E-state index in [4.69, 9.17) is 0 Å². The molecule has 0 fully saturated rings. The topological polar surface area (TPSA) is 69.8 Å². The maximum absolute atomic E-state index is 12.5. The van der Waals surface area contributed by atoms with E-state index in [9.17, 15) is 4.79 Å². The minimum Gasteiger partial charge on any atom is -0.344 e. The SMILES string of the molecule is CCc1ccc(C(C)NC(=O)c2n[nH]c3c2CNCC3)cc1.Cl. The molecule has 2 aromatic rings. The number of aromatic nitrogens is 2. The van der Waals surface area contributed by atoms with Gasteiger partial charge in [-0.1, -0.05) is 31.2 Å². The Kier molecular flexibility index (Phi) is 5.80. The smallest absolute Gasteiger partial charge is 0.272 e. The predicted molar refractivity (Wildman–Crippen MR) is 92.9 cm³/mol. The zero-order chi connectivity index (χ0) is 15.5. The van der Waals surface area contributed by atoms with Gasteiger partial charge in [0.15, 0.2) is 5.69 Å². The Morgan fingerprint density at radius 2 is 2.09 bits per heavy atom. The van der Waals surface area contributed by atoms with Crippen LogP contribution in [0.3, 0.4) is 0 Å². The van der Waals surface area contributed by atoms with Gasteiger partial charge in [-0.2, -0.15) is 5.10 Å². The fourth-order valence-corrected chi connectivity index (χ4v) is 2.80. The average Bonchev–Trinajstić information content (AvgIpc) is 2.99. The zero-order valence-corrected chi connectivity index (χ0v) is 14.3. The number of nitrogens with one attached hydrogen (secondary N) is 3. The van der Waals surface area contributed by atoms with Crippen molar-refractivity contribution >= 4 is 18.3 Å². The fourth-order valence-electron chi connectivity index (χ4n) is 2.80. The van der Waals surface area contributed by atoms with Crippen molar-refractivity contribution in [3.8, 4) is 0 Å². The molecule has 3 N–H and O–H groups in total. The minimum absolute atomic E-state index is 0. The van der Waals surface area contributed by atoms with E-state index in [0.29, 0.717) is 12.2 Å². The lowest BCUT2D eigenvalue weighted by atomic mass is 10.0. The second-order valence-electron chi connectivity index (χ2n) is 5.75. The highest BCUT2D eigenvalue weighted by molar-refractivity contribution is 5.94. The molecule has 0 bridgehead atoms. The Morgan fingerprint density at radius 3 is 2.78 bits per heavy atom. The summed E-state index contributed by atoms with van der Waals surface area (Å²) >= 11 is 0. The molecular weight excluding hydrogens is 312 g/mol. The van der Waals surface area contributed by atoms with Crippen LogP contribution in [0, 0.1) is 0 Å². The van der Waals surface area contributed by atoms with Crippen molar-refractivity contribution in [2.75, 3.05) is 6.54 Å². The second kappa shape index (κ2) is 7.62. The molecule has 1 amide bonds. The average molecular weight is 335 g/mol. The number of hydrogen-bond donors (Lipinski definition) is 3. The monoisotopic (exact) mass is 334 g/mol. The molecule has 124 valence electrons. The van der Waals surface area contributed by atoms with Gasteiger partial charge in [-0.05, 0) is 24.5 Å². The Labute approximate surface area is 142 Å². The van der Waals surface area contributed by atoms with Gasteiger partial charge in [0.2, 0.25) is 0 Å². The van der Waals surface area contributed by atoms with Gasteiger partial charge < -0.3 is 10.6 Å². The number of aryl methyl sites for hydroxylation is 1. The van der Waals surface area contributed by atoms with E-state index < -0.39 is 0 Å². The van der Waals surface area contributed by atoms with Gasteiger partial charge in [-0.25, -0.2) is 0 Å². The number of halogens is 1. The third-order valence-electron chi connectivity index (χ3n) is 4.26. The van der Waals surface area contributed by atoms with E-state index in [1.165, 1.54) is 5.56 Å². The maximum Gasteiger partial charge on any atom is 0.272 e. The molecular formula is C17H23ClN4O. The third kappa shape index (κ3) is 3.74. The molecule has 1 atom stereocenters. The zero-order valence-electron chi connectivity index (χ0n) is 13.5.